The number of rotatable bonds is 4. The van der Waals surface area contributed by atoms with Crippen molar-refractivity contribution in [3.8, 4) is 0 Å². The highest BCUT2D eigenvalue weighted by Gasteiger charge is 2.28. The van der Waals surface area contributed by atoms with Crippen LogP contribution >= 0.6 is 11.3 Å². The molecule has 6 nitrogen and oxygen atoms in total. The van der Waals surface area contributed by atoms with Gasteiger partial charge in [0.2, 0.25) is 5.91 Å². The summed E-state index contributed by atoms with van der Waals surface area (Å²) in [5.41, 5.74) is 6.38. The summed E-state index contributed by atoms with van der Waals surface area (Å²) >= 11 is 1.43. The summed E-state index contributed by atoms with van der Waals surface area (Å²) in [6, 6.07) is -0.397. The van der Waals surface area contributed by atoms with E-state index < -0.39 is 9.84 Å². The third-order valence-electron chi connectivity index (χ3n) is 2.90. The molecule has 0 aromatic carbocycles. The van der Waals surface area contributed by atoms with Gasteiger partial charge in [-0.25, -0.2) is 13.4 Å². The van der Waals surface area contributed by atoms with Crippen LogP contribution in [0.3, 0.4) is 0 Å². The van der Waals surface area contributed by atoms with Gasteiger partial charge >= 0.3 is 0 Å². The van der Waals surface area contributed by atoms with Crippen LogP contribution in [0.15, 0.2) is 5.38 Å². The van der Waals surface area contributed by atoms with Crippen LogP contribution in [0.4, 0.5) is 0 Å². The van der Waals surface area contributed by atoms with E-state index in [-0.39, 0.29) is 35.9 Å². The number of carbonyl (C=O) groups excluding carboxylic acids is 1. The Morgan fingerprint density at radius 3 is 2.95 bits per heavy atom. The topological polar surface area (TPSA) is 102 Å². The van der Waals surface area contributed by atoms with E-state index in [9.17, 15) is 13.2 Å². The molecule has 1 aliphatic rings. The van der Waals surface area contributed by atoms with Crippen LogP contribution in [0, 0.1) is 0 Å². The fourth-order valence-electron chi connectivity index (χ4n) is 1.97. The highest BCUT2D eigenvalue weighted by atomic mass is 32.2. The molecule has 1 fully saturated rings. The first-order valence-corrected chi connectivity index (χ1v) is 8.75. The molecule has 19 heavy (non-hydrogen) atoms. The number of aromatic nitrogens is 1. The lowest BCUT2D eigenvalue weighted by molar-refractivity contribution is -0.121. The van der Waals surface area contributed by atoms with Crippen LogP contribution in [0.1, 0.15) is 30.1 Å². The Hall–Kier alpha value is -0.990. The molecule has 1 amide bonds. The van der Waals surface area contributed by atoms with Crippen LogP contribution in [-0.4, -0.2) is 36.9 Å². The fourth-order valence-corrected chi connectivity index (χ4v) is 4.42. The molecule has 8 heteroatoms. The Morgan fingerprint density at radius 2 is 2.42 bits per heavy atom. The standard InChI is InChI=1S/C11H17N3O3S2/c1-7(12)11-14-9(5-18-11)4-10(15)13-8-2-3-19(16,17)6-8/h5,7-8H,2-4,6,12H2,1H3,(H,13,15). The smallest absolute Gasteiger partial charge is 0.226 e. The second kappa shape index (κ2) is 5.56. The molecule has 1 saturated heterocycles. The van der Waals surface area contributed by atoms with Gasteiger partial charge in [0, 0.05) is 11.4 Å². The quantitative estimate of drug-likeness (QED) is 0.815. The number of thiazole rings is 1. The zero-order valence-electron chi connectivity index (χ0n) is 10.6. The molecule has 0 bridgehead atoms. The average Bonchev–Trinajstić information content (AvgIpc) is 2.85. The van der Waals surface area contributed by atoms with Gasteiger partial charge in [0.05, 0.1) is 29.7 Å². The second-order valence-corrected chi connectivity index (χ2v) is 7.93. The van der Waals surface area contributed by atoms with Gasteiger partial charge < -0.3 is 11.1 Å². The number of carbonyl (C=O) groups is 1. The van der Waals surface area contributed by atoms with Gasteiger partial charge in [0.15, 0.2) is 9.84 Å². The van der Waals surface area contributed by atoms with Crippen LogP contribution < -0.4 is 11.1 Å². The van der Waals surface area contributed by atoms with Crippen molar-refractivity contribution in [3.63, 3.8) is 0 Å². The maximum absolute atomic E-state index is 11.8. The van der Waals surface area contributed by atoms with Gasteiger partial charge in [-0.15, -0.1) is 11.3 Å². The summed E-state index contributed by atoms with van der Waals surface area (Å²) in [6.45, 7) is 1.84. The molecule has 2 rings (SSSR count). The molecule has 0 aliphatic carbocycles. The van der Waals surface area contributed by atoms with E-state index in [1.807, 2.05) is 12.3 Å². The van der Waals surface area contributed by atoms with Crippen molar-refractivity contribution >= 4 is 27.1 Å². The summed E-state index contributed by atoms with van der Waals surface area (Å²) in [5, 5.41) is 5.34. The maximum Gasteiger partial charge on any atom is 0.226 e. The Kier molecular flexibility index (Phi) is 4.22. The fraction of sp³-hybridized carbons (Fsp3) is 0.636. The third-order valence-corrected chi connectivity index (χ3v) is 5.76. The van der Waals surface area contributed by atoms with Gasteiger partial charge in [-0.2, -0.15) is 0 Å². The van der Waals surface area contributed by atoms with Crippen LogP contribution in [0.25, 0.3) is 0 Å². The number of nitrogens with zero attached hydrogens (tertiary/aromatic N) is 1. The van der Waals surface area contributed by atoms with Crippen molar-refractivity contribution in [3.05, 3.63) is 16.1 Å². The van der Waals surface area contributed by atoms with Crippen LogP contribution in [0.5, 0.6) is 0 Å². The molecule has 0 spiro atoms. The number of hydrogen-bond donors (Lipinski definition) is 2. The molecule has 1 aromatic heterocycles. The Balaban J connectivity index is 1.87. The molecule has 0 radical (unpaired) electrons. The normalized spacial score (nSPS) is 23.2. The van der Waals surface area contributed by atoms with E-state index in [0.717, 1.165) is 5.01 Å². The average molecular weight is 303 g/mol. The van der Waals surface area contributed by atoms with Crippen molar-refractivity contribution in [1.82, 2.24) is 10.3 Å². The lowest BCUT2D eigenvalue weighted by Crippen LogP contribution is -2.36. The van der Waals surface area contributed by atoms with Gasteiger partial charge in [0.1, 0.15) is 5.01 Å². The molecular formula is C11H17N3O3S2. The van der Waals surface area contributed by atoms with Crippen molar-refractivity contribution in [1.29, 1.82) is 0 Å². The first kappa shape index (κ1) is 14.4. The largest absolute Gasteiger partial charge is 0.352 e. The zero-order valence-corrected chi connectivity index (χ0v) is 12.3. The van der Waals surface area contributed by atoms with Crippen molar-refractivity contribution in [2.45, 2.75) is 31.8 Å². The van der Waals surface area contributed by atoms with Gasteiger partial charge in [0.25, 0.3) is 0 Å². The third kappa shape index (κ3) is 3.99. The lowest BCUT2D eigenvalue weighted by atomic mass is 10.2. The Labute approximate surface area is 116 Å². The SMILES string of the molecule is CC(N)c1nc(CC(=O)NC2CCS(=O)(=O)C2)cs1. The minimum absolute atomic E-state index is 0.0425. The molecule has 106 valence electrons. The first-order chi connectivity index (χ1) is 8.85. The van der Waals surface area contributed by atoms with E-state index in [1.165, 1.54) is 11.3 Å². The van der Waals surface area contributed by atoms with Crippen LogP contribution in [-0.2, 0) is 21.1 Å². The van der Waals surface area contributed by atoms with E-state index in [4.69, 9.17) is 5.73 Å². The predicted molar refractivity (Wildman–Crippen MR) is 73.6 cm³/mol. The monoisotopic (exact) mass is 303 g/mol. The highest BCUT2D eigenvalue weighted by Crippen LogP contribution is 2.16. The molecule has 2 unspecified atom stereocenters. The lowest BCUT2D eigenvalue weighted by Gasteiger charge is -2.09. The summed E-state index contributed by atoms with van der Waals surface area (Å²) in [7, 11) is -2.97. The minimum Gasteiger partial charge on any atom is -0.352 e. The van der Waals surface area contributed by atoms with Crippen LogP contribution in [0.2, 0.25) is 0 Å². The highest BCUT2D eigenvalue weighted by molar-refractivity contribution is 7.91. The first-order valence-electron chi connectivity index (χ1n) is 6.05. The Morgan fingerprint density at radius 1 is 1.68 bits per heavy atom. The number of sulfone groups is 1. The number of amides is 1. The van der Waals surface area contributed by atoms with Crippen molar-refractivity contribution < 1.29 is 13.2 Å². The minimum atomic E-state index is -2.97. The number of nitrogens with one attached hydrogen (secondary N) is 1. The molecule has 2 heterocycles. The molecule has 0 saturated carbocycles. The molecule has 1 aliphatic heterocycles. The van der Waals surface area contributed by atoms with Gasteiger partial charge in [-0.05, 0) is 13.3 Å². The zero-order chi connectivity index (χ0) is 14.0. The summed E-state index contributed by atoms with van der Waals surface area (Å²) < 4.78 is 22.6. The van der Waals surface area contributed by atoms with E-state index in [1.54, 1.807) is 0 Å². The van der Waals surface area contributed by atoms with E-state index in [0.29, 0.717) is 12.1 Å². The molecule has 3 N–H and O–H groups in total. The Bertz CT molecular complexity index is 565. The summed E-state index contributed by atoms with van der Waals surface area (Å²) in [6.07, 6.45) is 0.663. The molecule has 2 atom stereocenters. The molecular weight excluding hydrogens is 286 g/mol. The number of hydrogen-bond acceptors (Lipinski definition) is 6. The van der Waals surface area contributed by atoms with Gasteiger partial charge in [-0.1, -0.05) is 0 Å². The van der Waals surface area contributed by atoms with Crippen molar-refractivity contribution in [2.24, 2.45) is 5.73 Å². The molecule has 1 aromatic rings. The summed E-state index contributed by atoms with van der Waals surface area (Å²) in [4.78, 5) is 16.1. The van der Waals surface area contributed by atoms with Gasteiger partial charge in [-0.3, -0.25) is 4.79 Å². The van der Waals surface area contributed by atoms with Crippen molar-refractivity contribution in [2.75, 3.05) is 11.5 Å². The summed E-state index contributed by atoms with van der Waals surface area (Å²) in [5.74, 6) is 0.00769. The maximum atomic E-state index is 11.8. The second-order valence-electron chi connectivity index (χ2n) is 4.81. The predicted octanol–water partition coefficient (Wildman–Crippen LogP) is 0.00860. The van der Waals surface area contributed by atoms with E-state index in [2.05, 4.69) is 10.3 Å². The van der Waals surface area contributed by atoms with E-state index >= 15 is 0 Å². The number of nitrogens with two attached hydrogens (primary N) is 1.